The minimum Gasteiger partial charge on any atom is -0.477 e. The predicted octanol–water partition coefficient (Wildman–Crippen LogP) is 2.40. The standard InChI is InChI=1S/C15H12N4O3S2/c16-15-19-18-13(24-15)11(8-4-2-1-3-5-8)17-12(20)9-6-7-10(23-9)14(21)22/h1-7,11H,(H2,16,19)(H,17,20)(H,21,22). The number of rotatable bonds is 5. The third kappa shape index (κ3) is 3.42. The average Bonchev–Trinajstić information content (AvgIpc) is 3.22. The van der Waals surface area contributed by atoms with Gasteiger partial charge in [0, 0.05) is 0 Å². The molecular formula is C15H12N4O3S2. The summed E-state index contributed by atoms with van der Waals surface area (Å²) in [6, 6.07) is 11.7. The first-order valence-electron chi connectivity index (χ1n) is 6.82. The van der Waals surface area contributed by atoms with Crippen LogP contribution in [0.5, 0.6) is 0 Å². The second kappa shape index (κ2) is 6.77. The first-order chi connectivity index (χ1) is 11.5. The Labute approximate surface area is 144 Å². The molecule has 4 N–H and O–H groups in total. The molecule has 122 valence electrons. The molecule has 2 aromatic heterocycles. The summed E-state index contributed by atoms with van der Waals surface area (Å²) in [7, 11) is 0. The number of thiophene rings is 1. The number of anilines is 1. The van der Waals surface area contributed by atoms with Crippen LogP contribution in [0.1, 0.15) is 36.0 Å². The van der Waals surface area contributed by atoms with Gasteiger partial charge in [0.25, 0.3) is 5.91 Å². The van der Waals surface area contributed by atoms with Gasteiger partial charge in [-0.25, -0.2) is 4.79 Å². The molecular weight excluding hydrogens is 348 g/mol. The fraction of sp³-hybridized carbons (Fsp3) is 0.0667. The molecule has 1 aromatic carbocycles. The largest absolute Gasteiger partial charge is 0.477 e. The third-order valence-corrected chi connectivity index (χ3v) is 5.04. The van der Waals surface area contributed by atoms with E-state index in [2.05, 4.69) is 15.5 Å². The van der Waals surface area contributed by atoms with Crippen molar-refractivity contribution in [2.45, 2.75) is 6.04 Å². The highest BCUT2D eigenvalue weighted by Crippen LogP contribution is 2.27. The van der Waals surface area contributed by atoms with Crippen molar-refractivity contribution < 1.29 is 14.7 Å². The molecule has 1 atom stereocenters. The van der Waals surface area contributed by atoms with E-state index in [1.165, 1.54) is 23.5 Å². The van der Waals surface area contributed by atoms with Gasteiger partial charge < -0.3 is 16.2 Å². The maximum Gasteiger partial charge on any atom is 0.345 e. The lowest BCUT2D eigenvalue weighted by molar-refractivity contribution is 0.0702. The summed E-state index contributed by atoms with van der Waals surface area (Å²) in [6.07, 6.45) is 0. The zero-order chi connectivity index (χ0) is 17.1. The van der Waals surface area contributed by atoms with E-state index in [0.717, 1.165) is 16.9 Å². The van der Waals surface area contributed by atoms with Crippen molar-refractivity contribution in [1.82, 2.24) is 15.5 Å². The Balaban J connectivity index is 1.88. The number of hydrogen-bond donors (Lipinski definition) is 3. The molecule has 3 aromatic rings. The van der Waals surface area contributed by atoms with Crippen LogP contribution in [0.3, 0.4) is 0 Å². The van der Waals surface area contributed by atoms with Crippen molar-refractivity contribution in [2.24, 2.45) is 0 Å². The molecule has 0 fully saturated rings. The highest BCUT2D eigenvalue weighted by atomic mass is 32.1. The minimum absolute atomic E-state index is 0.108. The lowest BCUT2D eigenvalue weighted by atomic mass is 10.1. The van der Waals surface area contributed by atoms with Crippen LogP contribution in [0.15, 0.2) is 42.5 Å². The van der Waals surface area contributed by atoms with Gasteiger partial charge in [0.15, 0.2) is 0 Å². The fourth-order valence-electron chi connectivity index (χ4n) is 2.07. The SMILES string of the molecule is Nc1nnc(C(NC(=O)c2ccc(C(=O)O)s2)c2ccccc2)s1. The lowest BCUT2D eigenvalue weighted by Crippen LogP contribution is -2.28. The van der Waals surface area contributed by atoms with Crippen LogP contribution >= 0.6 is 22.7 Å². The Morgan fingerprint density at radius 2 is 1.75 bits per heavy atom. The van der Waals surface area contributed by atoms with E-state index >= 15 is 0 Å². The van der Waals surface area contributed by atoms with Gasteiger partial charge in [-0.15, -0.1) is 21.5 Å². The number of hydrogen-bond acceptors (Lipinski definition) is 7. The molecule has 0 saturated heterocycles. The zero-order valence-electron chi connectivity index (χ0n) is 12.2. The molecule has 0 aliphatic rings. The number of amides is 1. The maximum atomic E-state index is 12.5. The normalized spacial score (nSPS) is 11.8. The predicted molar refractivity (Wildman–Crippen MR) is 91.4 cm³/mol. The fourth-order valence-corrected chi connectivity index (χ4v) is 3.51. The van der Waals surface area contributed by atoms with Crippen molar-refractivity contribution in [3.63, 3.8) is 0 Å². The van der Waals surface area contributed by atoms with Crippen LogP contribution < -0.4 is 11.1 Å². The molecule has 0 spiro atoms. The Morgan fingerprint density at radius 1 is 1.04 bits per heavy atom. The number of nitrogens with zero attached hydrogens (tertiary/aromatic N) is 2. The Bertz CT molecular complexity index is 876. The Morgan fingerprint density at radius 3 is 2.33 bits per heavy atom. The molecule has 1 amide bonds. The van der Waals surface area contributed by atoms with Gasteiger partial charge in [-0.05, 0) is 17.7 Å². The van der Waals surface area contributed by atoms with Crippen molar-refractivity contribution in [1.29, 1.82) is 0 Å². The van der Waals surface area contributed by atoms with Gasteiger partial charge >= 0.3 is 5.97 Å². The summed E-state index contributed by atoms with van der Waals surface area (Å²) in [6.45, 7) is 0. The van der Waals surface area contributed by atoms with Crippen molar-refractivity contribution in [3.05, 3.63) is 62.8 Å². The topological polar surface area (TPSA) is 118 Å². The quantitative estimate of drug-likeness (QED) is 0.643. The number of aromatic nitrogens is 2. The van der Waals surface area contributed by atoms with Gasteiger partial charge in [-0.2, -0.15) is 0 Å². The first-order valence-corrected chi connectivity index (χ1v) is 8.45. The lowest BCUT2D eigenvalue weighted by Gasteiger charge is -2.16. The summed E-state index contributed by atoms with van der Waals surface area (Å²) in [5.41, 5.74) is 6.47. The molecule has 0 radical (unpaired) electrons. The number of carbonyl (C=O) groups excluding carboxylic acids is 1. The molecule has 1 unspecified atom stereocenters. The number of aromatic carboxylic acids is 1. The zero-order valence-corrected chi connectivity index (χ0v) is 13.8. The number of nitrogens with two attached hydrogens (primary N) is 1. The molecule has 24 heavy (non-hydrogen) atoms. The number of nitrogens with one attached hydrogen (secondary N) is 1. The monoisotopic (exact) mass is 360 g/mol. The molecule has 2 heterocycles. The van der Waals surface area contributed by atoms with E-state index in [-0.39, 0.29) is 10.8 Å². The van der Waals surface area contributed by atoms with E-state index in [1.807, 2.05) is 30.3 Å². The van der Waals surface area contributed by atoms with E-state index < -0.39 is 12.0 Å². The number of carboxylic acids is 1. The Kier molecular flexibility index (Phi) is 4.54. The van der Waals surface area contributed by atoms with Crippen LogP contribution in [-0.2, 0) is 0 Å². The highest BCUT2D eigenvalue weighted by Gasteiger charge is 2.22. The van der Waals surface area contributed by atoms with Gasteiger partial charge in [-0.3, -0.25) is 4.79 Å². The van der Waals surface area contributed by atoms with Crippen LogP contribution in [-0.4, -0.2) is 27.2 Å². The van der Waals surface area contributed by atoms with E-state index in [0.29, 0.717) is 15.0 Å². The molecule has 0 aliphatic heterocycles. The number of carboxylic acid groups (broad SMARTS) is 1. The number of carbonyl (C=O) groups is 2. The van der Waals surface area contributed by atoms with Crippen LogP contribution in [0, 0.1) is 0 Å². The summed E-state index contributed by atoms with van der Waals surface area (Å²) in [5, 5.41) is 20.5. The van der Waals surface area contributed by atoms with Crippen LogP contribution in [0.2, 0.25) is 0 Å². The van der Waals surface area contributed by atoms with E-state index in [9.17, 15) is 9.59 Å². The first kappa shape index (κ1) is 16.1. The van der Waals surface area contributed by atoms with Gasteiger partial charge in [0.1, 0.15) is 15.9 Å². The van der Waals surface area contributed by atoms with Gasteiger partial charge in [0.2, 0.25) is 5.13 Å². The van der Waals surface area contributed by atoms with Crippen LogP contribution in [0.25, 0.3) is 0 Å². The summed E-state index contributed by atoms with van der Waals surface area (Å²) < 4.78 is 0. The summed E-state index contributed by atoms with van der Waals surface area (Å²) in [5.74, 6) is -1.44. The minimum atomic E-state index is -1.06. The van der Waals surface area contributed by atoms with Crippen LogP contribution in [0.4, 0.5) is 5.13 Å². The average molecular weight is 360 g/mol. The second-order valence-electron chi connectivity index (χ2n) is 4.76. The Hall–Kier alpha value is -2.78. The summed E-state index contributed by atoms with van der Waals surface area (Å²) in [4.78, 5) is 23.8. The van der Waals surface area contributed by atoms with E-state index in [4.69, 9.17) is 10.8 Å². The molecule has 0 saturated carbocycles. The number of nitrogen functional groups attached to an aromatic ring is 1. The summed E-state index contributed by atoms with van der Waals surface area (Å²) >= 11 is 2.11. The highest BCUT2D eigenvalue weighted by molar-refractivity contribution is 7.16. The van der Waals surface area contributed by atoms with Crippen molar-refractivity contribution >= 4 is 39.7 Å². The second-order valence-corrected chi connectivity index (χ2v) is 6.89. The van der Waals surface area contributed by atoms with Gasteiger partial charge in [0.05, 0.1) is 4.88 Å². The number of benzene rings is 1. The van der Waals surface area contributed by atoms with Crippen molar-refractivity contribution in [2.75, 3.05) is 5.73 Å². The maximum absolute atomic E-state index is 12.5. The molecule has 0 bridgehead atoms. The third-order valence-electron chi connectivity index (χ3n) is 3.15. The van der Waals surface area contributed by atoms with Crippen molar-refractivity contribution in [3.8, 4) is 0 Å². The van der Waals surface area contributed by atoms with E-state index in [1.54, 1.807) is 0 Å². The molecule has 3 rings (SSSR count). The molecule has 7 nitrogen and oxygen atoms in total. The molecule has 9 heteroatoms. The molecule has 0 aliphatic carbocycles. The smallest absolute Gasteiger partial charge is 0.345 e. The van der Waals surface area contributed by atoms with Gasteiger partial charge in [-0.1, -0.05) is 41.7 Å².